The molecule has 0 saturated carbocycles. The van der Waals surface area contributed by atoms with Gasteiger partial charge in [0.2, 0.25) is 0 Å². The van der Waals surface area contributed by atoms with Crippen LogP contribution in [0.3, 0.4) is 0 Å². The van der Waals surface area contributed by atoms with Gasteiger partial charge in [-0.25, -0.2) is 0 Å². The molecule has 0 saturated heterocycles. The van der Waals surface area contributed by atoms with Crippen LogP contribution in [0, 0.1) is 0 Å². The van der Waals surface area contributed by atoms with E-state index in [0.29, 0.717) is 5.56 Å². The van der Waals surface area contributed by atoms with Gasteiger partial charge in [0.15, 0.2) is 0 Å². The number of hydrogen-bond donors (Lipinski definition) is 2. The van der Waals surface area contributed by atoms with Gasteiger partial charge in [-0.15, -0.1) is 0 Å². The maximum atomic E-state index is 9.85. The zero-order valence-electron chi connectivity index (χ0n) is 8.65. The standard InChI is InChI=1S/C11H15NO2/c1-11(2,3)9-6-4-5-8(7-12-14)10(9)13/h4-7,13-14H,1-3H3. The molecule has 0 unspecified atom stereocenters. The third-order valence-corrected chi connectivity index (χ3v) is 2.07. The van der Waals surface area contributed by atoms with E-state index in [0.717, 1.165) is 5.56 Å². The molecule has 0 bridgehead atoms. The van der Waals surface area contributed by atoms with Gasteiger partial charge in [-0.05, 0) is 17.0 Å². The highest BCUT2D eigenvalue weighted by molar-refractivity contribution is 5.83. The summed E-state index contributed by atoms with van der Waals surface area (Å²) in [6, 6.07) is 5.39. The second kappa shape index (κ2) is 3.70. The summed E-state index contributed by atoms with van der Waals surface area (Å²) < 4.78 is 0. The first-order chi connectivity index (χ1) is 6.46. The Morgan fingerprint density at radius 2 is 1.93 bits per heavy atom. The normalized spacial score (nSPS) is 12.2. The molecule has 0 fully saturated rings. The van der Waals surface area contributed by atoms with Crippen LogP contribution >= 0.6 is 0 Å². The lowest BCUT2D eigenvalue weighted by Gasteiger charge is -2.20. The fourth-order valence-electron chi connectivity index (χ4n) is 1.33. The van der Waals surface area contributed by atoms with E-state index in [1.165, 1.54) is 6.21 Å². The number of aromatic hydroxyl groups is 1. The number of phenolic OH excluding ortho intramolecular Hbond substituents is 1. The second-order valence-electron chi connectivity index (χ2n) is 4.24. The third kappa shape index (κ3) is 2.05. The highest BCUT2D eigenvalue weighted by Gasteiger charge is 2.18. The van der Waals surface area contributed by atoms with E-state index in [2.05, 4.69) is 5.16 Å². The van der Waals surface area contributed by atoms with Crippen LogP contribution in [0.5, 0.6) is 5.75 Å². The lowest BCUT2D eigenvalue weighted by Crippen LogP contribution is -2.11. The summed E-state index contributed by atoms with van der Waals surface area (Å²) in [5.74, 6) is 0.179. The van der Waals surface area contributed by atoms with Crippen LogP contribution in [0.25, 0.3) is 0 Å². The molecule has 0 aromatic heterocycles. The van der Waals surface area contributed by atoms with Crippen LogP contribution in [-0.2, 0) is 5.41 Å². The van der Waals surface area contributed by atoms with Gasteiger partial charge in [0.25, 0.3) is 0 Å². The van der Waals surface area contributed by atoms with Gasteiger partial charge in [-0.2, -0.15) is 0 Å². The molecule has 0 aliphatic rings. The van der Waals surface area contributed by atoms with E-state index in [1.807, 2.05) is 32.9 Å². The number of hydrogen-bond acceptors (Lipinski definition) is 3. The van der Waals surface area contributed by atoms with E-state index in [9.17, 15) is 5.11 Å². The number of benzene rings is 1. The van der Waals surface area contributed by atoms with Gasteiger partial charge < -0.3 is 10.3 Å². The Bertz CT molecular complexity index is 351. The molecule has 2 N–H and O–H groups in total. The van der Waals surface area contributed by atoms with Crippen molar-refractivity contribution in [1.29, 1.82) is 0 Å². The van der Waals surface area contributed by atoms with Crippen molar-refractivity contribution in [2.75, 3.05) is 0 Å². The van der Waals surface area contributed by atoms with E-state index < -0.39 is 0 Å². The van der Waals surface area contributed by atoms with Crippen molar-refractivity contribution in [3.63, 3.8) is 0 Å². The van der Waals surface area contributed by atoms with Gasteiger partial charge in [-0.3, -0.25) is 0 Å². The third-order valence-electron chi connectivity index (χ3n) is 2.07. The molecule has 0 aliphatic carbocycles. The largest absolute Gasteiger partial charge is 0.507 e. The summed E-state index contributed by atoms with van der Waals surface area (Å²) in [5.41, 5.74) is 1.25. The second-order valence-corrected chi connectivity index (χ2v) is 4.24. The van der Waals surface area contributed by atoms with Gasteiger partial charge >= 0.3 is 0 Å². The number of phenols is 1. The van der Waals surface area contributed by atoms with Gasteiger partial charge in [-0.1, -0.05) is 38.1 Å². The highest BCUT2D eigenvalue weighted by atomic mass is 16.4. The molecule has 0 amide bonds. The van der Waals surface area contributed by atoms with Crippen LogP contribution in [0.4, 0.5) is 0 Å². The summed E-state index contributed by atoms with van der Waals surface area (Å²) >= 11 is 0. The molecule has 0 radical (unpaired) electrons. The first kappa shape index (κ1) is 10.6. The molecule has 0 spiro atoms. The molecule has 1 rings (SSSR count). The average molecular weight is 193 g/mol. The fraction of sp³-hybridized carbons (Fsp3) is 0.364. The average Bonchev–Trinajstić information content (AvgIpc) is 2.07. The van der Waals surface area contributed by atoms with Crippen molar-refractivity contribution in [3.05, 3.63) is 29.3 Å². The molecule has 14 heavy (non-hydrogen) atoms. The summed E-state index contributed by atoms with van der Waals surface area (Å²) in [5, 5.41) is 21.2. The number of oxime groups is 1. The van der Waals surface area contributed by atoms with Crippen LogP contribution < -0.4 is 0 Å². The number of para-hydroxylation sites is 1. The van der Waals surface area contributed by atoms with Crippen molar-refractivity contribution in [2.24, 2.45) is 5.16 Å². The lowest BCUT2D eigenvalue weighted by atomic mass is 9.85. The highest BCUT2D eigenvalue weighted by Crippen LogP contribution is 2.32. The first-order valence-corrected chi connectivity index (χ1v) is 4.46. The lowest BCUT2D eigenvalue weighted by molar-refractivity contribution is 0.321. The summed E-state index contributed by atoms with van der Waals surface area (Å²) in [4.78, 5) is 0. The summed E-state index contributed by atoms with van der Waals surface area (Å²) in [6.07, 6.45) is 1.23. The SMILES string of the molecule is CC(C)(C)c1cccc(C=NO)c1O. The minimum Gasteiger partial charge on any atom is -0.507 e. The quantitative estimate of drug-likeness (QED) is 0.409. The molecular formula is C11H15NO2. The Hall–Kier alpha value is -1.51. The minimum atomic E-state index is -0.122. The van der Waals surface area contributed by atoms with Crippen molar-refractivity contribution in [2.45, 2.75) is 26.2 Å². The van der Waals surface area contributed by atoms with Crippen molar-refractivity contribution in [3.8, 4) is 5.75 Å². The molecule has 0 aliphatic heterocycles. The van der Waals surface area contributed by atoms with Crippen molar-refractivity contribution >= 4 is 6.21 Å². The smallest absolute Gasteiger partial charge is 0.128 e. The number of rotatable bonds is 1. The maximum absolute atomic E-state index is 9.85. The van der Waals surface area contributed by atoms with Crippen molar-refractivity contribution < 1.29 is 10.3 Å². The maximum Gasteiger partial charge on any atom is 0.128 e. The van der Waals surface area contributed by atoms with Crippen LogP contribution in [0.15, 0.2) is 23.4 Å². The topological polar surface area (TPSA) is 52.8 Å². The van der Waals surface area contributed by atoms with E-state index in [4.69, 9.17) is 5.21 Å². The zero-order chi connectivity index (χ0) is 10.8. The van der Waals surface area contributed by atoms with Crippen LogP contribution in [0.2, 0.25) is 0 Å². The van der Waals surface area contributed by atoms with E-state index >= 15 is 0 Å². The number of nitrogens with zero attached hydrogens (tertiary/aromatic N) is 1. The van der Waals surface area contributed by atoms with E-state index in [-0.39, 0.29) is 11.2 Å². The zero-order valence-corrected chi connectivity index (χ0v) is 8.65. The predicted octanol–water partition coefficient (Wildman–Crippen LogP) is 2.50. The Labute approximate surface area is 83.7 Å². The molecule has 0 atom stereocenters. The van der Waals surface area contributed by atoms with Gasteiger partial charge in [0, 0.05) is 5.56 Å². The van der Waals surface area contributed by atoms with Gasteiger partial charge in [0.1, 0.15) is 5.75 Å². The van der Waals surface area contributed by atoms with E-state index in [1.54, 1.807) is 6.07 Å². The van der Waals surface area contributed by atoms with Crippen LogP contribution in [-0.4, -0.2) is 16.5 Å². The molecule has 3 nitrogen and oxygen atoms in total. The van der Waals surface area contributed by atoms with Gasteiger partial charge in [0.05, 0.1) is 6.21 Å². The molecule has 0 heterocycles. The molecule has 3 heteroatoms. The van der Waals surface area contributed by atoms with Crippen molar-refractivity contribution in [1.82, 2.24) is 0 Å². The first-order valence-electron chi connectivity index (χ1n) is 4.46. The Balaban J connectivity index is 3.28. The molecule has 1 aromatic rings. The molecule has 1 aromatic carbocycles. The summed E-state index contributed by atoms with van der Waals surface area (Å²) in [6.45, 7) is 6.05. The molecule has 76 valence electrons. The molecular weight excluding hydrogens is 178 g/mol. The van der Waals surface area contributed by atoms with Crippen LogP contribution in [0.1, 0.15) is 31.9 Å². The predicted molar refractivity (Wildman–Crippen MR) is 56.2 cm³/mol. The Morgan fingerprint density at radius 3 is 2.43 bits per heavy atom. The monoisotopic (exact) mass is 193 g/mol. The summed E-state index contributed by atoms with van der Waals surface area (Å²) in [7, 11) is 0. The Kier molecular flexibility index (Phi) is 2.79. The minimum absolute atomic E-state index is 0.122. The fourth-order valence-corrected chi connectivity index (χ4v) is 1.33. The Morgan fingerprint density at radius 1 is 1.29 bits per heavy atom.